The van der Waals surface area contributed by atoms with Crippen LogP contribution in [0.3, 0.4) is 0 Å². The predicted octanol–water partition coefficient (Wildman–Crippen LogP) is 4.11. The summed E-state index contributed by atoms with van der Waals surface area (Å²) in [4.78, 5) is 14.6. The van der Waals surface area contributed by atoms with Gasteiger partial charge in [0.1, 0.15) is 0 Å². The Morgan fingerprint density at radius 1 is 0.926 bits per heavy atom. The van der Waals surface area contributed by atoms with Gasteiger partial charge >= 0.3 is 12.2 Å². The Kier molecular flexibility index (Phi) is 6.00. The molecule has 0 saturated carbocycles. The Balaban J connectivity index is 1.86. The van der Waals surface area contributed by atoms with Crippen LogP contribution in [0.2, 0.25) is 0 Å². The zero-order chi connectivity index (χ0) is 19.1. The Labute approximate surface area is 160 Å². The minimum absolute atomic E-state index is 0.359. The summed E-state index contributed by atoms with van der Waals surface area (Å²) in [6.07, 6.45) is 7.11. The number of hydrogen-bond acceptors (Lipinski definition) is 3. The summed E-state index contributed by atoms with van der Waals surface area (Å²) in [5.74, 6) is -0.359. The normalized spacial score (nSPS) is 11.9. The molecular weight excluding hydrogens is 336 g/mol. The van der Waals surface area contributed by atoms with Crippen molar-refractivity contribution in [2.24, 2.45) is 0 Å². The van der Waals surface area contributed by atoms with Gasteiger partial charge in [-0.2, -0.15) is 4.57 Å². The Morgan fingerprint density at radius 3 is 2.11 bits per heavy atom. The third-order valence-corrected chi connectivity index (χ3v) is 4.14. The van der Waals surface area contributed by atoms with E-state index in [1.165, 1.54) is 0 Å². The number of rotatable bonds is 6. The molecule has 0 N–H and O–H groups in total. The van der Waals surface area contributed by atoms with Gasteiger partial charge in [0.05, 0.1) is 5.56 Å². The number of benzene rings is 2. The number of hydrogen-bond donors (Lipinski definition) is 0. The lowest BCUT2D eigenvalue weighted by Crippen LogP contribution is -2.40. The van der Waals surface area contributed by atoms with Crippen molar-refractivity contribution >= 4 is 17.7 Å². The first-order valence-corrected chi connectivity index (χ1v) is 8.81. The number of aromatic nitrogens is 1. The highest BCUT2D eigenvalue weighted by atomic mass is 16.6. The molecule has 0 aliphatic carbocycles. The van der Waals surface area contributed by atoms with E-state index in [1.54, 1.807) is 12.1 Å². The molecule has 0 spiro atoms. The van der Waals surface area contributed by atoms with Crippen molar-refractivity contribution in [3.8, 4) is 0 Å². The summed E-state index contributed by atoms with van der Waals surface area (Å²) in [7, 11) is 3.98. The minimum Gasteiger partial charge on any atom is -0.395 e. The van der Waals surface area contributed by atoms with Gasteiger partial charge in [0, 0.05) is 38.0 Å². The van der Waals surface area contributed by atoms with Crippen molar-refractivity contribution in [3.63, 3.8) is 0 Å². The van der Waals surface area contributed by atoms with Crippen LogP contribution >= 0.6 is 0 Å². The van der Waals surface area contributed by atoms with Crippen LogP contribution in [0.4, 0.5) is 5.69 Å². The summed E-state index contributed by atoms with van der Waals surface area (Å²) in [5.41, 5.74) is 2.65. The van der Waals surface area contributed by atoms with E-state index in [-0.39, 0.29) is 5.97 Å². The molecule has 27 heavy (non-hydrogen) atoms. The van der Waals surface area contributed by atoms with Crippen molar-refractivity contribution in [3.05, 3.63) is 102 Å². The largest absolute Gasteiger partial charge is 0.395 e. The molecule has 0 aliphatic heterocycles. The van der Waals surface area contributed by atoms with Crippen molar-refractivity contribution in [2.45, 2.75) is 6.23 Å². The summed E-state index contributed by atoms with van der Waals surface area (Å²) in [5, 5.41) is 0. The van der Waals surface area contributed by atoms with Crippen molar-refractivity contribution < 1.29 is 14.1 Å². The fourth-order valence-corrected chi connectivity index (χ4v) is 2.61. The van der Waals surface area contributed by atoms with Gasteiger partial charge in [-0.15, -0.1) is 0 Å². The number of esters is 1. The molecule has 0 saturated heterocycles. The lowest BCUT2D eigenvalue weighted by molar-refractivity contribution is -0.744. The summed E-state index contributed by atoms with van der Waals surface area (Å²) in [6, 6.07) is 22.9. The van der Waals surface area contributed by atoms with Gasteiger partial charge in [-0.05, 0) is 23.8 Å². The van der Waals surface area contributed by atoms with Gasteiger partial charge in [-0.3, -0.25) is 0 Å². The second-order valence-corrected chi connectivity index (χ2v) is 6.33. The number of carbonyl (C=O) groups is 1. The van der Waals surface area contributed by atoms with Crippen LogP contribution < -0.4 is 9.47 Å². The topological polar surface area (TPSA) is 33.4 Å². The lowest BCUT2D eigenvalue weighted by Gasteiger charge is -2.13. The highest BCUT2D eigenvalue weighted by molar-refractivity contribution is 5.89. The lowest BCUT2D eigenvalue weighted by atomic mass is 10.2. The third-order valence-electron chi connectivity index (χ3n) is 4.14. The molecule has 1 unspecified atom stereocenters. The average Bonchev–Trinajstić information content (AvgIpc) is 2.72. The van der Waals surface area contributed by atoms with Crippen LogP contribution in [-0.2, 0) is 4.74 Å². The summed E-state index contributed by atoms with van der Waals surface area (Å²) >= 11 is 0. The molecule has 0 fully saturated rings. The maximum absolute atomic E-state index is 12.5. The Hall–Kier alpha value is -3.40. The average molecular weight is 359 g/mol. The molecule has 1 heterocycles. The Morgan fingerprint density at radius 2 is 1.52 bits per heavy atom. The molecule has 0 aliphatic rings. The van der Waals surface area contributed by atoms with E-state index in [9.17, 15) is 4.79 Å². The van der Waals surface area contributed by atoms with Gasteiger partial charge in [0.2, 0.25) is 0 Å². The fraction of sp³-hybridized carbons (Fsp3) is 0.130. The van der Waals surface area contributed by atoms with E-state index in [1.807, 2.05) is 109 Å². The van der Waals surface area contributed by atoms with Gasteiger partial charge in [-0.1, -0.05) is 48.5 Å². The number of nitrogens with zero attached hydrogens (tertiary/aromatic N) is 2. The fourth-order valence-electron chi connectivity index (χ4n) is 2.61. The maximum Gasteiger partial charge on any atom is 0.343 e. The summed E-state index contributed by atoms with van der Waals surface area (Å²) in [6.45, 7) is 0. The quantitative estimate of drug-likeness (QED) is 0.491. The molecule has 0 radical (unpaired) electrons. The SMILES string of the molecule is CN(C)c1cc[n+](C(C=Cc2ccccc2)OC(=O)c2ccccc2)cc1. The molecule has 2 aromatic carbocycles. The van der Waals surface area contributed by atoms with Crippen LogP contribution in [0.1, 0.15) is 22.1 Å². The van der Waals surface area contributed by atoms with Crippen LogP contribution in [0.15, 0.2) is 91.3 Å². The maximum atomic E-state index is 12.5. The van der Waals surface area contributed by atoms with Gasteiger partial charge in [-0.25, -0.2) is 4.79 Å². The molecule has 0 amide bonds. The molecule has 3 rings (SSSR count). The van der Waals surface area contributed by atoms with E-state index >= 15 is 0 Å². The molecule has 0 bridgehead atoms. The first-order chi connectivity index (χ1) is 13.1. The highest BCUT2D eigenvalue weighted by Crippen LogP contribution is 2.13. The van der Waals surface area contributed by atoms with Gasteiger partial charge < -0.3 is 9.64 Å². The van der Waals surface area contributed by atoms with Gasteiger partial charge in [0.25, 0.3) is 0 Å². The van der Waals surface area contributed by atoms with Crippen LogP contribution in [0.5, 0.6) is 0 Å². The molecule has 1 atom stereocenters. The van der Waals surface area contributed by atoms with E-state index < -0.39 is 6.23 Å². The van der Waals surface area contributed by atoms with Crippen molar-refractivity contribution in [1.29, 1.82) is 0 Å². The van der Waals surface area contributed by atoms with Crippen LogP contribution in [0.25, 0.3) is 6.08 Å². The van der Waals surface area contributed by atoms with Crippen LogP contribution in [0, 0.1) is 0 Å². The zero-order valence-electron chi connectivity index (χ0n) is 15.5. The number of anilines is 1. The zero-order valence-corrected chi connectivity index (χ0v) is 15.5. The molecule has 1 aromatic heterocycles. The second-order valence-electron chi connectivity index (χ2n) is 6.33. The van der Waals surface area contributed by atoms with Crippen molar-refractivity contribution in [1.82, 2.24) is 0 Å². The minimum atomic E-state index is -0.547. The third kappa shape index (κ3) is 5.05. The van der Waals surface area contributed by atoms with Crippen LogP contribution in [-0.4, -0.2) is 20.1 Å². The van der Waals surface area contributed by atoms with E-state index in [2.05, 4.69) is 0 Å². The highest BCUT2D eigenvalue weighted by Gasteiger charge is 2.21. The first kappa shape index (κ1) is 18.4. The molecule has 136 valence electrons. The number of carbonyl (C=O) groups excluding carboxylic acids is 1. The molecular formula is C23H23N2O2+. The Bertz CT molecular complexity index is 889. The van der Waals surface area contributed by atoms with Crippen molar-refractivity contribution in [2.75, 3.05) is 19.0 Å². The smallest absolute Gasteiger partial charge is 0.343 e. The van der Waals surface area contributed by atoms with E-state index in [0.717, 1.165) is 11.3 Å². The summed E-state index contributed by atoms with van der Waals surface area (Å²) < 4.78 is 7.64. The number of ether oxygens (including phenoxy) is 1. The van der Waals surface area contributed by atoms with E-state index in [0.29, 0.717) is 5.56 Å². The monoisotopic (exact) mass is 359 g/mol. The van der Waals surface area contributed by atoms with Gasteiger partial charge in [0.15, 0.2) is 12.4 Å². The standard InChI is InChI=1S/C23H23N2O2/c1-24(2)21-15-17-25(18-16-21)22(14-13-19-9-5-3-6-10-19)27-23(26)20-11-7-4-8-12-20/h3-18,22H,1-2H3/q+1. The number of pyridine rings is 1. The second kappa shape index (κ2) is 8.81. The molecule has 3 aromatic rings. The van der Waals surface area contributed by atoms with E-state index in [4.69, 9.17) is 4.74 Å². The molecule has 4 nitrogen and oxygen atoms in total. The predicted molar refractivity (Wildman–Crippen MR) is 107 cm³/mol. The first-order valence-electron chi connectivity index (χ1n) is 8.81. The molecule has 4 heteroatoms.